The van der Waals surface area contributed by atoms with Crippen molar-refractivity contribution in [1.82, 2.24) is 4.90 Å². The summed E-state index contributed by atoms with van der Waals surface area (Å²) in [4.78, 5) is 2.29. The lowest BCUT2D eigenvalue weighted by atomic mass is 10.1. The third-order valence-corrected chi connectivity index (χ3v) is 4.36. The number of methoxy groups -OCH3 is 1. The number of nitrogens with zero attached hydrogens (tertiary/aromatic N) is 1. The van der Waals surface area contributed by atoms with Gasteiger partial charge in [0.25, 0.3) is 0 Å². The van der Waals surface area contributed by atoms with Gasteiger partial charge in [-0.15, -0.1) is 0 Å². The van der Waals surface area contributed by atoms with Crippen LogP contribution in [0.3, 0.4) is 0 Å². The van der Waals surface area contributed by atoms with Gasteiger partial charge in [-0.25, -0.2) is 4.39 Å². The minimum atomic E-state index is -0.233. The largest absolute Gasteiger partial charge is 0.497 e. The van der Waals surface area contributed by atoms with Crippen molar-refractivity contribution in [3.63, 3.8) is 0 Å². The highest BCUT2D eigenvalue weighted by Crippen LogP contribution is 2.32. The molecule has 0 atom stereocenters. The summed E-state index contributed by atoms with van der Waals surface area (Å²) in [6, 6.07) is 13.4. The van der Waals surface area contributed by atoms with Crippen molar-refractivity contribution in [1.29, 1.82) is 0 Å². The summed E-state index contributed by atoms with van der Waals surface area (Å²) >= 11 is 6.16. The quantitative estimate of drug-likeness (QED) is 0.768. The molecule has 3 rings (SSSR count). The molecule has 116 valence electrons. The van der Waals surface area contributed by atoms with Gasteiger partial charge in [0, 0.05) is 29.7 Å². The molecule has 2 aromatic carbocycles. The second-order valence-corrected chi connectivity index (χ2v) is 6.10. The van der Waals surface area contributed by atoms with Gasteiger partial charge in [-0.2, -0.15) is 0 Å². The standard InChI is InChI=1S/C18H19ClFNO/c1-22-15-5-2-4-13(10-15)11-21(14-8-9-14)12-16-17(19)6-3-7-18(16)20/h2-7,10,14H,8-9,11-12H2,1H3. The molecule has 0 amide bonds. The van der Waals surface area contributed by atoms with Gasteiger partial charge in [0.15, 0.2) is 0 Å². The Bertz CT molecular complexity index is 637. The fourth-order valence-corrected chi connectivity index (χ4v) is 2.87. The van der Waals surface area contributed by atoms with Gasteiger partial charge in [0.2, 0.25) is 0 Å². The van der Waals surface area contributed by atoms with Crippen LogP contribution in [0.15, 0.2) is 42.5 Å². The Morgan fingerprint density at radius 2 is 1.95 bits per heavy atom. The minimum Gasteiger partial charge on any atom is -0.497 e. The van der Waals surface area contributed by atoms with Crippen molar-refractivity contribution in [2.75, 3.05) is 7.11 Å². The molecule has 22 heavy (non-hydrogen) atoms. The van der Waals surface area contributed by atoms with E-state index in [1.165, 1.54) is 11.6 Å². The topological polar surface area (TPSA) is 12.5 Å². The molecule has 0 unspecified atom stereocenters. The van der Waals surface area contributed by atoms with Crippen LogP contribution >= 0.6 is 11.6 Å². The Balaban J connectivity index is 1.78. The number of rotatable bonds is 6. The summed E-state index contributed by atoms with van der Waals surface area (Å²) in [6.45, 7) is 1.31. The first-order chi connectivity index (χ1) is 10.7. The Hall–Kier alpha value is -1.58. The normalized spacial score (nSPS) is 14.4. The van der Waals surface area contributed by atoms with Gasteiger partial charge in [-0.3, -0.25) is 4.90 Å². The molecule has 0 N–H and O–H groups in total. The van der Waals surface area contributed by atoms with Gasteiger partial charge in [0.05, 0.1) is 7.11 Å². The third-order valence-electron chi connectivity index (χ3n) is 4.01. The van der Waals surface area contributed by atoms with Crippen molar-refractivity contribution in [2.45, 2.75) is 32.0 Å². The summed E-state index contributed by atoms with van der Waals surface area (Å²) in [6.07, 6.45) is 2.33. The average molecular weight is 320 g/mol. The van der Waals surface area contributed by atoms with Crippen LogP contribution < -0.4 is 4.74 Å². The van der Waals surface area contributed by atoms with Crippen molar-refractivity contribution in [3.05, 3.63) is 64.4 Å². The molecule has 4 heteroatoms. The summed E-state index contributed by atoms with van der Waals surface area (Å²) in [5.41, 5.74) is 1.75. The van der Waals surface area contributed by atoms with Crippen molar-refractivity contribution in [2.24, 2.45) is 0 Å². The summed E-state index contributed by atoms with van der Waals surface area (Å²) < 4.78 is 19.3. The van der Waals surface area contributed by atoms with Crippen molar-refractivity contribution < 1.29 is 9.13 Å². The van der Waals surface area contributed by atoms with Crippen LogP contribution in [0.1, 0.15) is 24.0 Å². The highest BCUT2D eigenvalue weighted by molar-refractivity contribution is 6.31. The monoisotopic (exact) mass is 319 g/mol. The Morgan fingerprint density at radius 3 is 2.64 bits per heavy atom. The lowest BCUT2D eigenvalue weighted by molar-refractivity contribution is 0.242. The van der Waals surface area contributed by atoms with E-state index in [9.17, 15) is 4.39 Å². The zero-order valence-electron chi connectivity index (χ0n) is 12.6. The first kappa shape index (κ1) is 15.3. The molecule has 1 saturated carbocycles. The van der Waals surface area contributed by atoms with Gasteiger partial charge >= 0.3 is 0 Å². The van der Waals surface area contributed by atoms with E-state index in [2.05, 4.69) is 11.0 Å². The van der Waals surface area contributed by atoms with E-state index in [1.54, 1.807) is 19.2 Å². The summed E-state index contributed by atoms with van der Waals surface area (Å²) in [5.74, 6) is 0.612. The van der Waals surface area contributed by atoms with E-state index in [-0.39, 0.29) is 5.82 Å². The van der Waals surface area contributed by atoms with Crippen LogP contribution in [0.4, 0.5) is 4.39 Å². The Labute approximate surface area is 135 Å². The zero-order chi connectivity index (χ0) is 15.5. The number of hydrogen-bond acceptors (Lipinski definition) is 2. The predicted molar refractivity (Wildman–Crippen MR) is 86.7 cm³/mol. The van der Waals surface area contributed by atoms with E-state index in [0.717, 1.165) is 25.1 Å². The molecule has 0 heterocycles. The lowest BCUT2D eigenvalue weighted by Gasteiger charge is -2.23. The number of halogens is 2. The second kappa shape index (κ2) is 6.67. The second-order valence-electron chi connectivity index (χ2n) is 5.69. The van der Waals surface area contributed by atoms with E-state index < -0.39 is 0 Å². The molecule has 0 radical (unpaired) electrons. The van der Waals surface area contributed by atoms with Gasteiger partial charge in [0.1, 0.15) is 11.6 Å². The van der Waals surface area contributed by atoms with Crippen LogP contribution in [0.25, 0.3) is 0 Å². The Morgan fingerprint density at radius 1 is 1.18 bits per heavy atom. The molecule has 0 aromatic heterocycles. The molecule has 1 aliphatic rings. The van der Waals surface area contributed by atoms with E-state index in [0.29, 0.717) is 23.2 Å². The van der Waals surface area contributed by atoms with Crippen LogP contribution in [0.5, 0.6) is 5.75 Å². The van der Waals surface area contributed by atoms with E-state index >= 15 is 0 Å². The highest BCUT2D eigenvalue weighted by Gasteiger charge is 2.30. The maximum atomic E-state index is 14.0. The van der Waals surface area contributed by atoms with Crippen LogP contribution in [0, 0.1) is 5.82 Å². The molecule has 0 saturated heterocycles. The SMILES string of the molecule is COc1cccc(CN(Cc2c(F)cccc2Cl)C2CC2)c1. The lowest BCUT2D eigenvalue weighted by Crippen LogP contribution is -2.25. The van der Waals surface area contributed by atoms with Crippen molar-refractivity contribution >= 4 is 11.6 Å². The van der Waals surface area contributed by atoms with Crippen molar-refractivity contribution in [3.8, 4) is 5.75 Å². The molecule has 2 aromatic rings. The number of hydrogen-bond donors (Lipinski definition) is 0. The molecular weight excluding hydrogens is 301 g/mol. The maximum Gasteiger partial charge on any atom is 0.129 e. The number of benzene rings is 2. The zero-order valence-corrected chi connectivity index (χ0v) is 13.3. The van der Waals surface area contributed by atoms with Crippen LogP contribution in [0.2, 0.25) is 5.02 Å². The molecular formula is C18H19ClFNO. The van der Waals surface area contributed by atoms with Crippen LogP contribution in [-0.4, -0.2) is 18.1 Å². The average Bonchev–Trinajstić information content (AvgIpc) is 3.35. The van der Waals surface area contributed by atoms with Crippen LogP contribution in [-0.2, 0) is 13.1 Å². The van der Waals surface area contributed by atoms with Gasteiger partial charge < -0.3 is 4.74 Å². The number of ether oxygens (including phenoxy) is 1. The van der Waals surface area contributed by atoms with E-state index in [1.807, 2.05) is 18.2 Å². The highest BCUT2D eigenvalue weighted by atomic mass is 35.5. The molecule has 0 aliphatic heterocycles. The van der Waals surface area contributed by atoms with Gasteiger partial charge in [-0.1, -0.05) is 29.8 Å². The fourth-order valence-electron chi connectivity index (χ4n) is 2.65. The first-order valence-electron chi connectivity index (χ1n) is 7.47. The fraction of sp³-hybridized carbons (Fsp3) is 0.333. The smallest absolute Gasteiger partial charge is 0.129 e. The molecule has 0 bridgehead atoms. The maximum absolute atomic E-state index is 14.0. The van der Waals surface area contributed by atoms with E-state index in [4.69, 9.17) is 16.3 Å². The predicted octanol–water partition coefficient (Wildman–Crippen LogP) is 4.65. The first-order valence-corrected chi connectivity index (χ1v) is 7.85. The van der Waals surface area contributed by atoms with Gasteiger partial charge in [-0.05, 0) is 42.7 Å². The molecule has 1 fully saturated rings. The molecule has 0 spiro atoms. The molecule has 2 nitrogen and oxygen atoms in total. The summed E-state index contributed by atoms with van der Waals surface area (Å²) in [5, 5.41) is 0.497. The Kier molecular flexibility index (Phi) is 4.65. The molecule has 1 aliphatic carbocycles. The minimum absolute atomic E-state index is 0.233. The summed E-state index contributed by atoms with van der Waals surface area (Å²) in [7, 11) is 1.66. The third kappa shape index (κ3) is 3.60.